The second-order valence-electron chi connectivity index (χ2n) is 4.13. The minimum atomic E-state index is 0.526. The van der Waals surface area contributed by atoms with Crippen molar-refractivity contribution in [3.63, 3.8) is 0 Å². The smallest absolute Gasteiger partial charge is 0.129 e. The average molecular weight is 441 g/mol. The lowest BCUT2D eigenvalue weighted by Crippen LogP contribution is -1.89. The number of nitriles is 1. The van der Waals surface area contributed by atoms with Crippen molar-refractivity contribution >= 4 is 60.2 Å². The number of nitrogen functional groups attached to an aromatic ring is 1. The van der Waals surface area contributed by atoms with E-state index < -0.39 is 0 Å². The molecule has 0 saturated heterocycles. The van der Waals surface area contributed by atoms with Gasteiger partial charge in [-0.3, -0.25) is 4.98 Å². The van der Waals surface area contributed by atoms with Gasteiger partial charge in [0.1, 0.15) is 10.9 Å². The third kappa shape index (κ3) is 2.64. The molecule has 0 atom stereocenters. The van der Waals surface area contributed by atoms with E-state index in [2.05, 4.69) is 42.9 Å². The normalized spacial score (nSPS) is 10.5. The van der Waals surface area contributed by atoms with Gasteiger partial charge >= 0.3 is 0 Å². The highest BCUT2D eigenvalue weighted by atomic mass is 79.9. The van der Waals surface area contributed by atoms with Crippen molar-refractivity contribution in [2.24, 2.45) is 0 Å². The number of rotatable bonds is 2. The maximum Gasteiger partial charge on any atom is 0.129 e. The van der Waals surface area contributed by atoms with Gasteiger partial charge in [-0.05, 0) is 55.6 Å². The Kier molecular flexibility index (Phi) is 4.13. The molecular weight excluding hydrogens is 434 g/mol. The van der Waals surface area contributed by atoms with Crippen molar-refractivity contribution in [3.8, 4) is 27.6 Å². The van der Waals surface area contributed by atoms with Gasteiger partial charge in [-0.25, -0.2) is 0 Å². The Balaban J connectivity index is 2.31. The standard InChI is InChI=1S/C14H7Br2N3S2/c15-10-5-8(14(16)21-10)13-11(7-1-3-19-4-2-7)12(18)9(6-17)20-13/h1-5H,18H2. The van der Waals surface area contributed by atoms with Crippen molar-refractivity contribution in [1.29, 1.82) is 5.26 Å². The van der Waals surface area contributed by atoms with Gasteiger partial charge in [-0.1, -0.05) is 0 Å². The summed E-state index contributed by atoms with van der Waals surface area (Å²) in [6.45, 7) is 0. The minimum absolute atomic E-state index is 0.526. The lowest BCUT2D eigenvalue weighted by atomic mass is 10.0. The lowest BCUT2D eigenvalue weighted by Gasteiger charge is -2.04. The summed E-state index contributed by atoms with van der Waals surface area (Å²) in [6, 6.07) is 8.01. The third-order valence-electron chi connectivity index (χ3n) is 2.92. The van der Waals surface area contributed by atoms with E-state index in [1.807, 2.05) is 18.2 Å². The fourth-order valence-corrected chi connectivity index (χ4v) is 6.10. The number of thiophene rings is 2. The Hall–Kier alpha value is -1.20. The number of nitrogens with two attached hydrogens (primary N) is 1. The van der Waals surface area contributed by atoms with Crippen LogP contribution in [-0.2, 0) is 0 Å². The second kappa shape index (κ2) is 5.89. The largest absolute Gasteiger partial charge is 0.396 e. The van der Waals surface area contributed by atoms with Crippen molar-refractivity contribution in [1.82, 2.24) is 4.98 Å². The molecule has 3 heterocycles. The van der Waals surface area contributed by atoms with E-state index in [0.717, 1.165) is 29.1 Å². The number of hydrogen-bond acceptors (Lipinski definition) is 5. The van der Waals surface area contributed by atoms with Crippen LogP contribution in [0.15, 0.2) is 38.2 Å². The zero-order valence-corrected chi connectivity index (χ0v) is 15.2. The molecule has 7 heteroatoms. The van der Waals surface area contributed by atoms with Gasteiger partial charge in [-0.2, -0.15) is 5.26 Å². The fourth-order valence-electron chi connectivity index (χ4n) is 2.02. The van der Waals surface area contributed by atoms with Gasteiger partial charge in [0.2, 0.25) is 0 Å². The maximum atomic E-state index is 9.27. The summed E-state index contributed by atoms with van der Waals surface area (Å²) in [6.07, 6.45) is 3.45. The van der Waals surface area contributed by atoms with Gasteiger partial charge in [0.15, 0.2) is 0 Å². The number of aromatic nitrogens is 1. The van der Waals surface area contributed by atoms with Crippen LogP contribution in [0.5, 0.6) is 0 Å². The summed E-state index contributed by atoms with van der Waals surface area (Å²) in [4.78, 5) is 5.56. The zero-order chi connectivity index (χ0) is 15.0. The van der Waals surface area contributed by atoms with Crippen molar-refractivity contribution in [2.45, 2.75) is 0 Å². The first kappa shape index (κ1) is 14.7. The van der Waals surface area contributed by atoms with Crippen LogP contribution in [0.3, 0.4) is 0 Å². The summed E-state index contributed by atoms with van der Waals surface area (Å²) in [5, 5.41) is 9.27. The molecule has 3 aromatic rings. The molecule has 3 aromatic heterocycles. The van der Waals surface area contributed by atoms with Crippen LogP contribution < -0.4 is 5.73 Å². The molecule has 0 spiro atoms. The van der Waals surface area contributed by atoms with E-state index in [0.29, 0.717) is 10.6 Å². The van der Waals surface area contributed by atoms with Gasteiger partial charge in [0.25, 0.3) is 0 Å². The van der Waals surface area contributed by atoms with E-state index in [9.17, 15) is 5.26 Å². The van der Waals surface area contributed by atoms with Gasteiger partial charge in [0.05, 0.1) is 13.3 Å². The quantitative estimate of drug-likeness (QED) is 0.570. The van der Waals surface area contributed by atoms with Crippen LogP contribution in [0.2, 0.25) is 0 Å². The fraction of sp³-hybridized carbons (Fsp3) is 0. The Labute approximate surface area is 146 Å². The number of halogens is 2. The molecule has 0 saturated carbocycles. The Bertz CT molecular complexity index is 847. The minimum Gasteiger partial charge on any atom is -0.396 e. The van der Waals surface area contributed by atoms with Crippen LogP contribution in [0.1, 0.15) is 4.88 Å². The van der Waals surface area contributed by atoms with Crippen molar-refractivity contribution in [3.05, 3.63) is 43.0 Å². The van der Waals surface area contributed by atoms with Crippen LogP contribution in [0, 0.1) is 11.3 Å². The van der Waals surface area contributed by atoms with Gasteiger partial charge < -0.3 is 5.73 Å². The summed E-state index contributed by atoms with van der Waals surface area (Å²) in [5.41, 5.74) is 9.61. The number of anilines is 1. The number of hydrogen-bond donors (Lipinski definition) is 1. The molecule has 0 aromatic carbocycles. The predicted octanol–water partition coefficient (Wildman–Crippen LogP) is 5.52. The maximum absolute atomic E-state index is 9.27. The molecule has 0 aliphatic heterocycles. The third-order valence-corrected chi connectivity index (χ3v) is 6.40. The molecule has 0 bridgehead atoms. The van der Waals surface area contributed by atoms with Crippen LogP contribution in [0.25, 0.3) is 21.6 Å². The number of pyridine rings is 1. The Morgan fingerprint density at radius 3 is 2.48 bits per heavy atom. The monoisotopic (exact) mass is 439 g/mol. The molecule has 21 heavy (non-hydrogen) atoms. The molecule has 2 N–H and O–H groups in total. The summed E-state index contributed by atoms with van der Waals surface area (Å²) in [7, 11) is 0. The average Bonchev–Trinajstić information content (AvgIpc) is 2.99. The van der Waals surface area contributed by atoms with Gasteiger partial charge in [0, 0.05) is 28.4 Å². The second-order valence-corrected chi connectivity index (χ2v) is 8.90. The molecule has 0 amide bonds. The van der Waals surface area contributed by atoms with Crippen LogP contribution in [-0.4, -0.2) is 4.98 Å². The van der Waals surface area contributed by atoms with E-state index in [-0.39, 0.29) is 0 Å². The summed E-state index contributed by atoms with van der Waals surface area (Å²) < 4.78 is 2.03. The molecule has 0 aliphatic carbocycles. The molecule has 0 radical (unpaired) electrons. The van der Waals surface area contributed by atoms with Gasteiger partial charge in [-0.15, -0.1) is 22.7 Å². The highest BCUT2D eigenvalue weighted by Gasteiger charge is 2.21. The molecule has 0 fully saturated rings. The first-order valence-electron chi connectivity index (χ1n) is 5.79. The van der Waals surface area contributed by atoms with Crippen LogP contribution in [0.4, 0.5) is 5.69 Å². The van der Waals surface area contributed by atoms with E-state index >= 15 is 0 Å². The van der Waals surface area contributed by atoms with E-state index in [4.69, 9.17) is 5.73 Å². The molecule has 0 aliphatic rings. The Morgan fingerprint density at radius 1 is 1.19 bits per heavy atom. The Morgan fingerprint density at radius 2 is 1.90 bits per heavy atom. The lowest BCUT2D eigenvalue weighted by molar-refractivity contribution is 1.33. The first-order valence-corrected chi connectivity index (χ1v) is 9.01. The molecule has 104 valence electrons. The predicted molar refractivity (Wildman–Crippen MR) is 95.4 cm³/mol. The van der Waals surface area contributed by atoms with E-state index in [1.165, 1.54) is 11.3 Å². The highest BCUT2D eigenvalue weighted by Crippen LogP contribution is 2.49. The van der Waals surface area contributed by atoms with Crippen molar-refractivity contribution < 1.29 is 0 Å². The summed E-state index contributed by atoms with van der Waals surface area (Å²) >= 11 is 10.1. The number of nitrogens with zero attached hydrogens (tertiary/aromatic N) is 2. The molecule has 3 rings (SSSR count). The molecule has 3 nitrogen and oxygen atoms in total. The van der Waals surface area contributed by atoms with E-state index in [1.54, 1.807) is 23.7 Å². The topological polar surface area (TPSA) is 62.7 Å². The SMILES string of the molecule is N#Cc1sc(-c2cc(Br)sc2Br)c(-c2ccncc2)c1N. The highest BCUT2D eigenvalue weighted by molar-refractivity contribution is 9.12. The first-order chi connectivity index (χ1) is 10.1. The van der Waals surface area contributed by atoms with Crippen molar-refractivity contribution in [2.75, 3.05) is 5.73 Å². The molecule has 0 unspecified atom stereocenters. The van der Waals surface area contributed by atoms with Crippen LogP contribution >= 0.6 is 54.5 Å². The summed E-state index contributed by atoms with van der Waals surface area (Å²) in [5.74, 6) is 0. The molecular formula is C14H7Br2N3S2. The zero-order valence-electron chi connectivity index (χ0n) is 10.4.